The van der Waals surface area contributed by atoms with Crippen molar-refractivity contribution in [1.29, 1.82) is 0 Å². The Hall–Kier alpha value is -2.02. The van der Waals surface area contributed by atoms with Gasteiger partial charge in [0.25, 0.3) is 5.22 Å². The molecule has 7 heteroatoms. The maximum Gasteiger partial charge on any atom is 0.277 e. The molecule has 0 saturated carbocycles. The number of carboxylic acid groups (broad SMARTS) is 1. The summed E-state index contributed by atoms with van der Waals surface area (Å²) < 4.78 is 10.5. The van der Waals surface area contributed by atoms with Crippen molar-refractivity contribution >= 4 is 17.7 Å². The first-order valence-electron chi connectivity index (χ1n) is 5.91. The molecule has 0 fully saturated rings. The topological polar surface area (TPSA) is 88.3 Å². The van der Waals surface area contributed by atoms with E-state index in [0.717, 1.165) is 23.1 Å². The molecule has 1 aromatic carbocycles. The normalized spacial score (nSPS) is 12.1. The van der Waals surface area contributed by atoms with Crippen LogP contribution in [0.2, 0.25) is 0 Å². The molecule has 2 rings (SSSR count). The molecule has 0 N–H and O–H groups in total. The Morgan fingerprint density at radius 1 is 1.40 bits per heavy atom. The highest BCUT2D eigenvalue weighted by Crippen LogP contribution is 2.22. The number of methoxy groups -OCH3 is 1. The van der Waals surface area contributed by atoms with Gasteiger partial charge in [-0.05, 0) is 24.6 Å². The zero-order valence-electron chi connectivity index (χ0n) is 11.0. The van der Waals surface area contributed by atoms with Gasteiger partial charge in [-0.25, -0.2) is 0 Å². The Labute approximate surface area is 120 Å². The number of carbonyl (C=O) groups excluding carboxylic acids is 1. The molecule has 0 radical (unpaired) electrons. The van der Waals surface area contributed by atoms with Crippen molar-refractivity contribution in [3.05, 3.63) is 35.7 Å². The van der Waals surface area contributed by atoms with Crippen LogP contribution in [0.5, 0.6) is 5.75 Å². The molecule has 0 unspecified atom stereocenters. The van der Waals surface area contributed by atoms with Crippen molar-refractivity contribution in [3.8, 4) is 5.75 Å². The molecule has 6 nitrogen and oxygen atoms in total. The summed E-state index contributed by atoms with van der Waals surface area (Å²) >= 11 is 0.967. The zero-order chi connectivity index (χ0) is 14.5. The van der Waals surface area contributed by atoms with Crippen molar-refractivity contribution < 1.29 is 19.1 Å². The Bertz CT molecular complexity index is 582. The minimum absolute atomic E-state index is 0.227. The van der Waals surface area contributed by atoms with Gasteiger partial charge in [-0.1, -0.05) is 23.9 Å². The molecule has 0 amide bonds. The van der Waals surface area contributed by atoms with E-state index in [1.807, 2.05) is 24.3 Å². The van der Waals surface area contributed by atoms with Gasteiger partial charge >= 0.3 is 0 Å². The number of ether oxygens (including phenoxy) is 1. The molecule has 106 valence electrons. The second-order valence-electron chi connectivity index (χ2n) is 4.07. The molecular weight excluding hydrogens is 280 g/mol. The summed E-state index contributed by atoms with van der Waals surface area (Å²) in [6.45, 7) is 1.51. The largest absolute Gasteiger partial charge is 0.549 e. The highest BCUT2D eigenvalue weighted by molar-refractivity contribution is 8.00. The number of carbonyl (C=O) groups is 1. The van der Waals surface area contributed by atoms with Gasteiger partial charge in [0.15, 0.2) is 0 Å². The third-order valence-electron chi connectivity index (χ3n) is 2.57. The van der Waals surface area contributed by atoms with Crippen molar-refractivity contribution in [2.45, 2.75) is 23.8 Å². The highest BCUT2D eigenvalue weighted by Gasteiger charge is 2.12. The fourth-order valence-electron chi connectivity index (χ4n) is 1.47. The Morgan fingerprint density at radius 2 is 2.10 bits per heavy atom. The monoisotopic (exact) mass is 293 g/mol. The zero-order valence-corrected chi connectivity index (χ0v) is 11.8. The van der Waals surface area contributed by atoms with Crippen molar-refractivity contribution in [2.24, 2.45) is 0 Å². The molecule has 2 aromatic rings. The standard InChI is InChI=1S/C13H14N2O4S/c1-8(12(16)17)20-13-15-14-11(19-13)7-9-3-5-10(18-2)6-4-9/h3-6,8H,7H2,1-2H3,(H,16,17)/p-1/t8-/m0/s1. The van der Waals surface area contributed by atoms with E-state index in [-0.39, 0.29) is 5.22 Å². The average Bonchev–Trinajstić information content (AvgIpc) is 2.86. The maximum atomic E-state index is 10.6. The summed E-state index contributed by atoms with van der Waals surface area (Å²) in [5.74, 6) is 0.0476. The lowest BCUT2D eigenvalue weighted by Gasteiger charge is -2.07. The molecule has 0 aliphatic carbocycles. The summed E-state index contributed by atoms with van der Waals surface area (Å²) in [6.07, 6.45) is 0.483. The fourth-order valence-corrected chi connectivity index (χ4v) is 2.11. The predicted octanol–water partition coefficient (Wildman–Crippen LogP) is 0.899. The first-order valence-corrected chi connectivity index (χ1v) is 6.79. The Morgan fingerprint density at radius 3 is 2.70 bits per heavy atom. The van der Waals surface area contributed by atoms with Gasteiger partial charge in [-0.3, -0.25) is 0 Å². The Balaban J connectivity index is 1.99. The number of benzene rings is 1. The van der Waals surface area contributed by atoms with E-state index < -0.39 is 11.2 Å². The number of nitrogens with zero attached hydrogens (tertiary/aromatic N) is 2. The highest BCUT2D eigenvalue weighted by atomic mass is 32.2. The van der Waals surface area contributed by atoms with Crippen LogP contribution in [0.15, 0.2) is 33.9 Å². The van der Waals surface area contributed by atoms with Crippen LogP contribution in [-0.4, -0.2) is 28.5 Å². The first-order chi connectivity index (χ1) is 9.58. The Kier molecular flexibility index (Phi) is 4.62. The lowest BCUT2D eigenvalue weighted by molar-refractivity contribution is -0.304. The second kappa shape index (κ2) is 6.42. The molecule has 0 aliphatic heterocycles. The van der Waals surface area contributed by atoms with Crippen LogP contribution in [-0.2, 0) is 11.2 Å². The van der Waals surface area contributed by atoms with Gasteiger partial charge in [0, 0.05) is 0 Å². The van der Waals surface area contributed by atoms with E-state index in [9.17, 15) is 9.90 Å². The smallest absolute Gasteiger partial charge is 0.277 e. The molecule has 1 atom stereocenters. The van der Waals surface area contributed by atoms with Gasteiger partial charge in [0.05, 0.1) is 24.7 Å². The van der Waals surface area contributed by atoms with Crippen LogP contribution in [0.25, 0.3) is 0 Å². The minimum atomic E-state index is -1.16. The summed E-state index contributed by atoms with van der Waals surface area (Å²) in [7, 11) is 1.61. The lowest BCUT2D eigenvalue weighted by atomic mass is 10.1. The third-order valence-corrected chi connectivity index (χ3v) is 3.48. The van der Waals surface area contributed by atoms with Gasteiger partial charge in [0.1, 0.15) is 5.75 Å². The molecule has 0 bridgehead atoms. The second-order valence-corrected chi connectivity index (χ2v) is 5.36. The number of hydrogen-bond acceptors (Lipinski definition) is 7. The molecular formula is C13H13N2O4S-. The van der Waals surface area contributed by atoms with Crippen LogP contribution in [0.3, 0.4) is 0 Å². The molecule has 20 heavy (non-hydrogen) atoms. The van der Waals surface area contributed by atoms with Crippen molar-refractivity contribution in [3.63, 3.8) is 0 Å². The number of rotatable bonds is 6. The predicted molar refractivity (Wildman–Crippen MR) is 70.4 cm³/mol. The van der Waals surface area contributed by atoms with Gasteiger partial charge in [-0.2, -0.15) is 0 Å². The van der Waals surface area contributed by atoms with E-state index in [4.69, 9.17) is 9.15 Å². The van der Waals surface area contributed by atoms with E-state index in [2.05, 4.69) is 10.2 Å². The summed E-state index contributed by atoms with van der Waals surface area (Å²) in [6, 6.07) is 7.50. The van der Waals surface area contributed by atoms with Crippen LogP contribution >= 0.6 is 11.8 Å². The van der Waals surface area contributed by atoms with Gasteiger partial charge in [-0.15, -0.1) is 10.2 Å². The number of hydrogen-bond donors (Lipinski definition) is 0. The van der Waals surface area contributed by atoms with Gasteiger partial charge < -0.3 is 19.1 Å². The molecule has 1 aromatic heterocycles. The summed E-state index contributed by atoms with van der Waals surface area (Å²) in [5.41, 5.74) is 0.999. The van der Waals surface area contributed by atoms with Crippen LogP contribution in [0.4, 0.5) is 0 Å². The van der Waals surface area contributed by atoms with E-state index in [0.29, 0.717) is 12.3 Å². The van der Waals surface area contributed by atoms with Crippen LogP contribution < -0.4 is 9.84 Å². The van der Waals surface area contributed by atoms with Crippen molar-refractivity contribution in [1.82, 2.24) is 10.2 Å². The number of carboxylic acids is 1. The van der Waals surface area contributed by atoms with Gasteiger partial charge in [0.2, 0.25) is 5.89 Å². The summed E-state index contributed by atoms with van der Waals surface area (Å²) in [5, 5.41) is 17.8. The van der Waals surface area contributed by atoms with Crippen LogP contribution in [0, 0.1) is 0 Å². The fraction of sp³-hybridized carbons (Fsp3) is 0.308. The molecule has 0 spiro atoms. The number of thioether (sulfide) groups is 1. The van der Waals surface area contributed by atoms with E-state index in [1.165, 1.54) is 6.92 Å². The minimum Gasteiger partial charge on any atom is -0.549 e. The van der Waals surface area contributed by atoms with E-state index >= 15 is 0 Å². The molecule has 1 heterocycles. The molecule has 0 saturated heterocycles. The lowest BCUT2D eigenvalue weighted by Crippen LogP contribution is -2.31. The molecule has 0 aliphatic rings. The van der Waals surface area contributed by atoms with Crippen LogP contribution in [0.1, 0.15) is 18.4 Å². The third kappa shape index (κ3) is 3.74. The summed E-state index contributed by atoms with van der Waals surface area (Å²) in [4.78, 5) is 10.6. The van der Waals surface area contributed by atoms with Crippen molar-refractivity contribution in [2.75, 3.05) is 7.11 Å². The average molecular weight is 293 g/mol. The first kappa shape index (κ1) is 14.4. The maximum absolute atomic E-state index is 10.6. The SMILES string of the molecule is COc1ccc(Cc2nnc(S[C@@H](C)C(=O)[O-])o2)cc1. The number of aliphatic carboxylic acids is 1. The quantitative estimate of drug-likeness (QED) is 0.731. The number of aromatic nitrogens is 2. The van der Waals surface area contributed by atoms with E-state index in [1.54, 1.807) is 7.11 Å².